The number of aryl methyl sites for hydroxylation is 2. The van der Waals surface area contributed by atoms with Crippen molar-refractivity contribution >= 4 is 11.7 Å². The first-order valence-corrected chi connectivity index (χ1v) is 7.54. The maximum Gasteiger partial charge on any atom is 0.230 e. The number of nitrogens with zero attached hydrogens (tertiary/aromatic N) is 3. The minimum absolute atomic E-state index is 0.0191. The average molecular weight is 290 g/mol. The topological polar surface area (TPSA) is 78.4 Å². The molecule has 2 atom stereocenters. The molecule has 1 aromatic heterocycles. The molecule has 0 aliphatic carbocycles. The van der Waals surface area contributed by atoms with Gasteiger partial charge in [-0.2, -0.15) is 0 Å². The zero-order valence-electron chi connectivity index (χ0n) is 12.6. The van der Waals surface area contributed by atoms with E-state index < -0.39 is 11.5 Å². The highest BCUT2D eigenvalue weighted by atomic mass is 16.3. The fourth-order valence-electron chi connectivity index (χ4n) is 3.46. The molecule has 0 bridgehead atoms. The first-order valence-electron chi connectivity index (χ1n) is 7.54. The van der Waals surface area contributed by atoms with Gasteiger partial charge in [0.2, 0.25) is 5.91 Å². The van der Waals surface area contributed by atoms with Crippen LogP contribution in [0.15, 0.2) is 6.20 Å². The zero-order valence-corrected chi connectivity index (χ0v) is 12.6. The molecule has 0 unspecified atom stereocenters. The van der Waals surface area contributed by atoms with E-state index in [-0.39, 0.29) is 5.91 Å². The summed E-state index contributed by atoms with van der Waals surface area (Å²) in [6, 6.07) is 0. The molecule has 1 spiro atoms. The number of aromatic nitrogens is 2. The molecule has 2 aliphatic heterocycles. The van der Waals surface area contributed by atoms with E-state index in [1.807, 2.05) is 20.0 Å². The molecule has 114 valence electrons. The second-order valence-electron chi connectivity index (χ2n) is 6.17. The summed E-state index contributed by atoms with van der Waals surface area (Å²) in [7, 11) is 0. The number of rotatable bonds is 1. The Balaban J connectivity index is 1.92. The quantitative estimate of drug-likeness (QED) is 0.790. The van der Waals surface area contributed by atoms with Crippen LogP contribution < -0.4 is 10.2 Å². The molecule has 6 nitrogen and oxygen atoms in total. The number of anilines is 1. The van der Waals surface area contributed by atoms with Crippen molar-refractivity contribution in [3.8, 4) is 0 Å². The number of carbonyl (C=O) groups excluding carboxylic acids is 1. The average Bonchev–Trinajstić information content (AvgIpc) is 2.47. The lowest BCUT2D eigenvalue weighted by atomic mass is 9.71. The minimum Gasteiger partial charge on any atom is -0.392 e. The predicted octanol–water partition coefficient (Wildman–Crippen LogP) is 0.561. The van der Waals surface area contributed by atoms with Crippen LogP contribution in [0, 0.1) is 19.3 Å². The van der Waals surface area contributed by atoms with Gasteiger partial charge in [0, 0.05) is 31.4 Å². The number of hydrogen-bond acceptors (Lipinski definition) is 5. The van der Waals surface area contributed by atoms with Crippen molar-refractivity contribution in [1.29, 1.82) is 0 Å². The summed E-state index contributed by atoms with van der Waals surface area (Å²) in [5, 5.41) is 13.3. The zero-order chi connectivity index (χ0) is 15.0. The highest BCUT2D eigenvalue weighted by Crippen LogP contribution is 2.38. The summed E-state index contributed by atoms with van der Waals surface area (Å²) >= 11 is 0. The first kappa shape index (κ1) is 14.3. The molecule has 1 aromatic rings. The maximum absolute atomic E-state index is 12.4. The lowest BCUT2D eigenvalue weighted by molar-refractivity contribution is -0.142. The highest BCUT2D eigenvalue weighted by Gasteiger charge is 2.50. The predicted molar refractivity (Wildman–Crippen MR) is 79.0 cm³/mol. The van der Waals surface area contributed by atoms with Gasteiger partial charge in [-0.15, -0.1) is 0 Å². The van der Waals surface area contributed by atoms with E-state index in [1.54, 1.807) is 0 Å². The smallest absolute Gasteiger partial charge is 0.230 e. The largest absolute Gasteiger partial charge is 0.392 e. The van der Waals surface area contributed by atoms with Crippen LogP contribution in [0.3, 0.4) is 0 Å². The Labute approximate surface area is 124 Å². The van der Waals surface area contributed by atoms with Gasteiger partial charge in [-0.1, -0.05) is 0 Å². The number of amides is 1. The molecular formula is C15H22N4O2. The van der Waals surface area contributed by atoms with Crippen molar-refractivity contribution in [2.45, 2.75) is 39.2 Å². The number of carbonyl (C=O) groups is 1. The van der Waals surface area contributed by atoms with E-state index in [4.69, 9.17) is 0 Å². The Kier molecular flexibility index (Phi) is 3.57. The molecule has 3 rings (SSSR count). The highest BCUT2D eigenvalue weighted by molar-refractivity contribution is 5.85. The number of aliphatic hydroxyl groups is 1. The van der Waals surface area contributed by atoms with Crippen LogP contribution >= 0.6 is 0 Å². The van der Waals surface area contributed by atoms with Crippen LogP contribution in [0.25, 0.3) is 0 Å². The van der Waals surface area contributed by atoms with E-state index in [0.717, 1.165) is 30.0 Å². The van der Waals surface area contributed by atoms with Crippen LogP contribution in [0.1, 0.15) is 30.7 Å². The maximum atomic E-state index is 12.4. The van der Waals surface area contributed by atoms with Crippen LogP contribution in [0.2, 0.25) is 0 Å². The van der Waals surface area contributed by atoms with Gasteiger partial charge in [0.05, 0.1) is 11.5 Å². The van der Waals surface area contributed by atoms with E-state index in [0.29, 0.717) is 26.1 Å². The molecular weight excluding hydrogens is 268 g/mol. The molecule has 2 fully saturated rings. The summed E-state index contributed by atoms with van der Waals surface area (Å²) in [5.41, 5.74) is 0.310. The van der Waals surface area contributed by atoms with Gasteiger partial charge >= 0.3 is 0 Å². The summed E-state index contributed by atoms with van der Waals surface area (Å²) in [4.78, 5) is 23.2. The molecule has 0 radical (unpaired) electrons. The number of piperidine rings is 2. The van der Waals surface area contributed by atoms with E-state index in [2.05, 4.69) is 20.2 Å². The summed E-state index contributed by atoms with van der Waals surface area (Å²) in [6.45, 7) is 5.79. The lowest BCUT2D eigenvalue weighted by Gasteiger charge is -2.47. The Bertz CT molecular complexity index is 563. The van der Waals surface area contributed by atoms with Gasteiger partial charge < -0.3 is 15.3 Å². The molecule has 2 aliphatic rings. The summed E-state index contributed by atoms with van der Waals surface area (Å²) in [6.07, 6.45) is 3.49. The Morgan fingerprint density at radius 1 is 1.48 bits per heavy atom. The van der Waals surface area contributed by atoms with Gasteiger partial charge in [0.25, 0.3) is 0 Å². The third-order valence-electron chi connectivity index (χ3n) is 4.69. The van der Waals surface area contributed by atoms with Crippen molar-refractivity contribution in [2.75, 3.05) is 24.5 Å². The SMILES string of the molecule is Cc1ncc(C)c(N2CC[C@@H](O)[C@@]3(CCCNC3=O)C2)n1. The molecule has 2 N–H and O–H groups in total. The van der Waals surface area contributed by atoms with Crippen molar-refractivity contribution in [3.63, 3.8) is 0 Å². The summed E-state index contributed by atoms with van der Waals surface area (Å²) in [5.74, 6) is 1.59. The van der Waals surface area contributed by atoms with Crippen LogP contribution in [0.4, 0.5) is 5.82 Å². The fraction of sp³-hybridized carbons (Fsp3) is 0.667. The van der Waals surface area contributed by atoms with E-state index in [1.165, 1.54) is 0 Å². The molecule has 0 saturated carbocycles. The number of nitrogens with one attached hydrogen (secondary N) is 1. The van der Waals surface area contributed by atoms with Gasteiger partial charge in [0.1, 0.15) is 11.6 Å². The number of aliphatic hydroxyl groups excluding tert-OH is 1. The second kappa shape index (κ2) is 5.26. The second-order valence-corrected chi connectivity index (χ2v) is 6.17. The molecule has 2 saturated heterocycles. The fourth-order valence-corrected chi connectivity index (χ4v) is 3.46. The molecule has 3 heterocycles. The first-order chi connectivity index (χ1) is 10.0. The van der Waals surface area contributed by atoms with Crippen LogP contribution in [0.5, 0.6) is 0 Å². The Morgan fingerprint density at radius 2 is 2.29 bits per heavy atom. The Hall–Kier alpha value is -1.69. The van der Waals surface area contributed by atoms with Gasteiger partial charge in [-0.3, -0.25) is 4.79 Å². The van der Waals surface area contributed by atoms with Crippen molar-refractivity contribution in [3.05, 3.63) is 17.6 Å². The third-order valence-corrected chi connectivity index (χ3v) is 4.69. The van der Waals surface area contributed by atoms with Crippen LogP contribution in [-0.4, -0.2) is 46.7 Å². The molecule has 0 aromatic carbocycles. The molecule has 1 amide bonds. The summed E-state index contributed by atoms with van der Waals surface area (Å²) < 4.78 is 0. The van der Waals surface area contributed by atoms with Gasteiger partial charge in [0.15, 0.2) is 0 Å². The Morgan fingerprint density at radius 3 is 3.05 bits per heavy atom. The normalized spacial score (nSPS) is 29.6. The minimum atomic E-state index is -0.693. The number of hydrogen-bond donors (Lipinski definition) is 2. The van der Waals surface area contributed by atoms with Gasteiger partial charge in [-0.25, -0.2) is 9.97 Å². The van der Waals surface area contributed by atoms with E-state index in [9.17, 15) is 9.90 Å². The van der Waals surface area contributed by atoms with Gasteiger partial charge in [-0.05, 0) is 33.1 Å². The van der Waals surface area contributed by atoms with Crippen molar-refractivity contribution in [1.82, 2.24) is 15.3 Å². The van der Waals surface area contributed by atoms with Crippen molar-refractivity contribution < 1.29 is 9.90 Å². The third kappa shape index (κ3) is 2.37. The standard InChI is InChI=1S/C15H22N4O2/c1-10-8-17-11(2)18-13(10)19-7-4-12(20)15(9-19)5-3-6-16-14(15)21/h8,12,20H,3-7,9H2,1-2H3,(H,16,21)/t12-,15-/m1/s1. The lowest BCUT2D eigenvalue weighted by Crippen LogP contribution is -2.61. The monoisotopic (exact) mass is 290 g/mol. The molecule has 6 heteroatoms. The molecule has 21 heavy (non-hydrogen) atoms. The van der Waals surface area contributed by atoms with E-state index >= 15 is 0 Å². The van der Waals surface area contributed by atoms with Crippen molar-refractivity contribution in [2.24, 2.45) is 5.41 Å². The van der Waals surface area contributed by atoms with Crippen LogP contribution in [-0.2, 0) is 4.79 Å².